The first-order valence-electron chi connectivity index (χ1n) is 5.83. The van der Waals surface area contributed by atoms with Crippen LogP contribution in [0.2, 0.25) is 0 Å². The number of carbonyl (C=O) groups is 1. The molecule has 1 aromatic heterocycles. The van der Waals surface area contributed by atoms with Gasteiger partial charge in [0.15, 0.2) is 0 Å². The quantitative estimate of drug-likeness (QED) is 0.828. The van der Waals surface area contributed by atoms with Crippen molar-refractivity contribution in [2.45, 2.75) is 6.54 Å². The van der Waals surface area contributed by atoms with Crippen molar-refractivity contribution in [3.63, 3.8) is 0 Å². The van der Waals surface area contributed by atoms with Crippen molar-refractivity contribution in [3.8, 4) is 0 Å². The van der Waals surface area contributed by atoms with Gasteiger partial charge in [0.1, 0.15) is 16.5 Å². The summed E-state index contributed by atoms with van der Waals surface area (Å²) in [6.07, 6.45) is 1.52. The molecular formula is C13H13FN4OS. The summed E-state index contributed by atoms with van der Waals surface area (Å²) in [4.78, 5) is 12.0. The SMILES string of the molecule is Cn1nccc1C(=O)NCc1ccc(C(N)=S)cc1F. The third-order valence-corrected chi connectivity index (χ3v) is 3.07. The number of benzene rings is 1. The van der Waals surface area contributed by atoms with Gasteiger partial charge in [-0.15, -0.1) is 0 Å². The Bertz CT molecular complexity index is 668. The van der Waals surface area contributed by atoms with E-state index in [1.54, 1.807) is 25.2 Å². The Morgan fingerprint density at radius 1 is 1.50 bits per heavy atom. The summed E-state index contributed by atoms with van der Waals surface area (Å²) in [5.74, 6) is -0.775. The number of hydrogen-bond donors (Lipinski definition) is 2. The van der Waals surface area contributed by atoms with Crippen molar-refractivity contribution in [2.75, 3.05) is 0 Å². The second-order valence-corrected chi connectivity index (χ2v) is 4.63. The fourth-order valence-electron chi connectivity index (χ4n) is 1.71. The predicted molar refractivity (Wildman–Crippen MR) is 76.7 cm³/mol. The first-order chi connectivity index (χ1) is 9.49. The molecule has 0 unspecified atom stereocenters. The van der Waals surface area contributed by atoms with Crippen LogP contribution in [0, 0.1) is 5.82 Å². The number of nitrogens with zero attached hydrogens (tertiary/aromatic N) is 2. The van der Waals surface area contributed by atoms with Crippen molar-refractivity contribution in [1.82, 2.24) is 15.1 Å². The zero-order valence-corrected chi connectivity index (χ0v) is 11.6. The molecule has 20 heavy (non-hydrogen) atoms. The molecule has 0 saturated heterocycles. The summed E-state index contributed by atoms with van der Waals surface area (Å²) < 4.78 is 15.2. The minimum atomic E-state index is -0.458. The first kappa shape index (κ1) is 14.1. The molecule has 0 spiro atoms. The molecule has 0 aliphatic rings. The Labute approximate surface area is 120 Å². The summed E-state index contributed by atoms with van der Waals surface area (Å²) >= 11 is 4.77. The van der Waals surface area contributed by atoms with Crippen LogP contribution in [-0.2, 0) is 13.6 Å². The lowest BCUT2D eigenvalue weighted by molar-refractivity contribution is 0.0941. The van der Waals surface area contributed by atoms with Gasteiger partial charge < -0.3 is 11.1 Å². The van der Waals surface area contributed by atoms with Gasteiger partial charge in [-0.2, -0.15) is 5.10 Å². The third-order valence-electron chi connectivity index (χ3n) is 2.83. The summed E-state index contributed by atoms with van der Waals surface area (Å²) in [5.41, 5.74) is 6.65. The zero-order valence-electron chi connectivity index (χ0n) is 10.8. The molecular weight excluding hydrogens is 279 g/mol. The molecule has 104 valence electrons. The molecule has 1 amide bonds. The Morgan fingerprint density at radius 2 is 2.25 bits per heavy atom. The molecule has 2 aromatic rings. The zero-order chi connectivity index (χ0) is 14.7. The fraction of sp³-hybridized carbons (Fsp3) is 0.154. The highest BCUT2D eigenvalue weighted by atomic mass is 32.1. The second-order valence-electron chi connectivity index (χ2n) is 4.19. The van der Waals surface area contributed by atoms with Crippen LogP contribution in [0.5, 0.6) is 0 Å². The van der Waals surface area contributed by atoms with E-state index in [2.05, 4.69) is 10.4 Å². The van der Waals surface area contributed by atoms with Crippen LogP contribution >= 0.6 is 12.2 Å². The van der Waals surface area contributed by atoms with Gasteiger partial charge in [0.25, 0.3) is 5.91 Å². The van der Waals surface area contributed by atoms with Gasteiger partial charge in [0, 0.05) is 30.9 Å². The number of hydrogen-bond acceptors (Lipinski definition) is 3. The summed E-state index contributed by atoms with van der Waals surface area (Å²) in [7, 11) is 1.66. The van der Waals surface area contributed by atoms with Crippen LogP contribution in [0.4, 0.5) is 4.39 Å². The Balaban J connectivity index is 2.06. The van der Waals surface area contributed by atoms with E-state index >= 15 is 0 Å². The van der Waals surface area contributed by atoms with Gasteiger partial charge in [0.2, 0.25) is 0 Å². The molecule has 7 heteroatoms. The van der Waals surface area contributed by atoms with Gasteiger partial charge in [-0.1, -0.05) is 24.4 Å². The molecule has 3 N–H and O–H groups in total. The maximum atomic E-state index is 13.8. The van der Waals surface area contributed by atoms with Crippen LogP contribution in [0.25, 0.3) is 0 Å². The minimum Gasteiger partial charge on any atom is -0.389 e. The lowest BCUT2D eigenvalue weighted by Gasteiger charge is -2.08. The maximum Gasteiger partial charge on any atom is 0.269 e. The number of nitrogens with one attached hydrogen (secondary N) is 1. The summed E-state index contributed by atoms with van der Waals surface area (Å²) in [6.45, 7) is 0.0768. The highest BCUT2D eigenvalue weighted by Gasteiger charge is 2.11. The van der Waals surface area contributed by atoms with Crippen LogP contribution in [0.15, 0.2) is 30.5 Å². The van der Waals surface area contributed by atoms with E-state index in [1.807, 2.05) is 0 Å². The van der Waals surface area contributed by atoms with E-state index in [1.165, 1.54) is 16.9 Å². The van der Waals surface area contributed by atoms with Crippen molar-refractivity contribution >= 4 is 23.1 Å². The van der Waals surface area contributed by atoms with Gasteiger partial charge in [-0.05, 0) is 12.1 Å². The van der Waals surface area contributed by atoms with Gasteiger partial charge in [-0.3, -0.25) is 9.48 Å². The normalized spacial score (nSPS) is 10.3. The summed E-state index contributed by atoms with van der Waals surface area (Å²) in [6, 6.07) is 6.01. The van der Waals surface area contributed by atoms with E-state index in [-0.39, 0.29) is 17.4 Å². The van der Waals surface area contributed by atoms with Crippen LogP contribution < -0.4 is 11.1 Å². The lowest BCUT2D eigenvalue weighted by Crippen LogP contribution is -2.25. The average Bonchev–Trinajstić information content (AvgIpc) is 2.83. The number of amides is 1. The largest absolute Gasteiger partial charge is 0.389 e. The second kappa shape index (κ2) is 5.79. The lowest BCUT2D eigenvalue weighted by atomic mass is 10.1. The monoisotopic (exact) mass is 292 g/mol. The van der Waals surface area contributed by atoms with Crippen LogP contribution in [-0.4, -0.2) is 20.7 Å². The number of rotatable bonds is 4. The molecule has 2 rings (SSSR count). The van der Waals surface area contributed by atoms with E-state index in [0.717, 1.165) is 0 Å². The van der Waals surface area contributed by atoms with Crippen molar-refractivity contribution < 1.29 is 9.18 Å². The van der Waals surface area contributed by atoms with Gasteiger partial charge in [-0.25, -0.2) is 4.39 Å². The number of carbonyl (C=O) groups excluding carboxylic acids is 1. The molecule has 0 aliphatic carbocycles. The van der Waals surface area contributed by atoms with E-state index < -0.39 is 5.82 Å². The number of aromatic nitrogens is 2. The molecule has 0 radical (unpaired) electrons. The van der Waals surface area contributed by atoms with E-state index in [4.69, 9.17) is 18.0 Å². The number of aryl methyl sites for hydroxylation is 1. The standard InChI is InChI=1S/C13H13FN4OS/c1-18-11(4-5-17-18)13(19)16-7-9-3-2-8(12(15)20)6-10(9)14/h2-6H,7H2,1H3,(H2,15,20)(H,16,19). The van der Waals surface area contributed by atoms with Gasteiger partial charge >= 0.3 is 0 Å². The van der Waals surface area contributed by atoms with Crippen molar-refractivity contribution in [1.29, 1.82) is 0 Å². The molecule has 0 saturated carbocycles. The third kappa shape index (κ3) is 3.00. The molecule has 0 aliphatic heterocycles. The van der Waals surface area contributed by atoms with Crippen LogP contribution in [0.1, 0.15) is 21.6 Å². The number of thiocarbonyl (C=S) groups is 1. The molecule has 1 heterocycles. The first-order valence-corrected chi connectivity index (χ1v) is 6.24. The van der Waals surface area contributed by atoms with Gasteiger partial charge in [0.05, 0.1) is 0 Å². The molecule has 0 bridgehead atoms. The Kier molecular flexibility index (Phi) is 4.09. The Morgan fingerprint density at radius 3 is 2.80 bits per heavy atom. The predicted octanol–water partition coefficient (Wildman–Crippen LogP) is 1.12. The summed E-state index contributed by atoms with van der Waals surface area (Å²) in [5, 5.41) is 6.52. The average molecular weight is 292 g/mol. The van der Waals surface area contributed by atoms with Crippen LogP contribution in [0.3, 0.4) is 0 Å². The topological polar surface area (TPSA) is 72.9 Å². The molecule has 0 fully saturated rings. The Hall–Kier alpha value is -2.28. The smallest absolute Gasteiger partial charge is 0.269 e. The molecule has 1 aromatic carbocycles. The van der Waals surface area contributed by atoms with Crippen molar-refractivity contribution in [2.24, 2.45) is 12.8 Å². The number of nitrogens with two attached hydrogens (primary N) is 1. The van der Waals surface area contributed by atoms with Crippen molar-refractivity contribution in [3.05, 3.63) is 53.1 Å². The van der Waals surface area contributed by atoms with E-state index in [0.29, 0.717) is 16.8 Å². The molecule has 5 nitrogen and oxygen atoms in total. The molecule has 0 atom stereocenters. The van der Waals surface area contributed by atoms with E-state index in [9.17, 15) is 9.18 Å². The maximum absolute atomic E-state index is 13.8. The highest BCUT2D eigenvalue weighted by Crippen LogP contribution is 2.10. The fourth-order valence-corrected chi connectivity index (χ4v) is 1.83. The minimum absolute atomic E-state index is 0.0768. The number of halogens is 1. The highest BCUT2D eigenvalue weighted by molar-refractivity contribution is 7.80.